The molecule has 1 aliphatic heterocycles. The Balaban J connectivity index is 0.00000264. The Kier molecular flexibility index (Phi) is 11.2. The van der Waals surface area contributed by atoms with Crippen LogP contribution in [0.5, 0.6) is 0 Å². The molecule has 0 radical (unpaired) electrons. The third-order valence-electron chi connectivity index (χ3n) is 4.20. The van der Waals surface area contributed by atoms with Crippen LogP contribution in [0.15, 0.2) is 24.3 Å². The van der Waals surface area contributed by atoms with Crippen LogP contribution in [0.1, 0.15) is 30.0 Å². The molecule has 2 atom stereocenters. The third-order valence-corrected chi connectivity index (χ3v) is 4.20. The van der Waals surface area contributed by atoms with Gasteiger partial charge in [-0.05, 0) is 38.4 Å². The van der Waals surface area contributed by atoms with Crippen LogP contribution in [0.25, 0.3) is 0 Å². The van der Waals surface area contributed by atoms with Crippen molar-refractivity contribution in [2.75, 3.05) is 33.4 Å². The van der Waals surface area contributed by atoms with E-state index in [9.17, 15) is 4.79 Å². The van der Waals surface area contributed by atoms with E-state index in [0.717, 1.165) is 13.1 Å². The lowest BCUT2D eigenvalue weighted by Gasteiger charge is -2.28. The fraction of sp³-hybridized carbons (Fsp3) is 0.588. The zero-order valence-electron chi connectivity index (χ0n) is 14.4. The lowest BCUT2D eigenvalue weighted by Crippen LogP contribution is -2.46. The van der Waals surface area contributed by atoms with Gasteiger partial charge in [0.05, 0.1) is 12.6 Å². The predicted molar refractivity (Wildman–Crippen MR) is 102 cm³/mol. The number of nitrogens with zero attached hydrogens (tertiary/aromatic N) is 1. The Labute approximate surface area is 157 Å². The van der Waals surface area contributed by atoms with E-state index >= 15 is 0 Å². The molecule has 1 fully saturated rings. The van der Waals surface area contributed by atoms with Gasteiger partial charge in [-0.3, -0.25) is 9.69 Å². The van der Waals surface area contributed by atoms with Crippen molar-refractivity contribution >= 4 is 30.7 Å². The topological polar surface area (TPSA) is 67.6 Å². The number of hydrogen-bond acceptors (Lipinski definition) is 4. The minimum atomic E-state index is -0.609. The van der Waals surface area contributed by atoms with Crippen molar-refractivity contribution in [3.63, 3.8) is 0 Å². The van der Waals surface area contributed by atoms with Crippen molar-refractivity contribution in [2.45, 2.75) is 31.8 Å². The van der Waals surface area contributed by atoms with E-state index in [1.54, 1.807) is 7.11 Å². The summed E-state index contributed by atoms with van der Waals surface area (Å²) in [5.41, 5.74) is 8.26. The van der Waals surface area contributed by atoms with Crippen LogP contribution >= 0.6 is 24.8 Å². The van der Waals surface area contributed by atoms with Gasteiger partial charge >= 0.3 is 0 Å². The van der Waals surface area contributed by atoms with Crippen molar-refractivity contribution < 1.29 is 9.53 Å². The van der Waals surface area contributed by atoms with E-state index in [1.807, 2.05) is 0 Å². The molecule has 1 amide bonds. The Hall–Kier alpha value is -0.850. The molecule has 0 spiro atoms. The summed E-state index contributed by atoms with van der Waals surface area (Å²) in [7, 11) is 1.55. The largest absolute Gasteiger partial charge is 0.383 e. The Bertz CT molecular complexity index is 479. The summed E-state index contributed by atoms with van der Waals surface area (Å²) in [6, 6.07) is 8.15. The van der Waals surface area contributed by atoms with E-state index in [0.29, 0.717) is 6.54 Å². The molecule has 138 valence electrons. The summed E-state index contributed by atoms with van der Waals surface area (Å²) >= 11 is 0. The van der Waals surface area contributed by atoms with Crippen molar-refractivity contribution in [3.8, 4) is 0 Å². The number of benzene rings is 1. The Morgan fingerprint density at radius 2 is 1.83 bits per heavy atom. The van der Waals surface area contributed by atoms with Crippen LogP contribution in [-0.2, 0) is 9.53 Å². The highest BCUT2D eigenvalue weighted by molar-refractivity contribution is 5.85. The summed E-state index contributed by atoms with van der Waals surface area (Å²) in [6.45, 7) is 5.07. The second-order valence-electron chi connectivity index (χ2n) is 5.98. The van der Waals surface area contributed by atoms with Gasteiger partial charge in [-0.15, -0.1) is 24.8 Å². The number of hydrogen-bond donors (Lipinski definition) is 2. The summed E-state index contributed by atoms with van der Waals surface area (Å²) in [5.74, 6) is -0.154. The van der Waals surface area contributed by atoms with Crippen molar-refractivity contribution in [2.24, 2.45) is 5.73 Å². The zero-order valence-corrected chi connectivity index (χ0v) is 16.0. The highest BCUT2D eigenvalue weighted by atomic mass is 35.5. The van der Waals surface area contributed by atoms with E-state index in [-0.39, 0.29) is 43.4 Å². The van der Waals surface area contributed by atoms with Crippen molar-refractivity contribution in [3.05, 3.63) is 35.4 Å². The number of ether oxygens (including phenoxy) is 1. The molecule has 5 nitrogen and oxygen atoms in total. The average Bonchev–Trinajstić information content (AvgIpc) is 3.03. The maximum atomic E-state index is 12.0. The summed E-state index contributed by atoms with van der Waals surface area (Å²) in [6.07, 6.45) is 2.44. The molecular weight excluding hydrogens is 349 g/mol. The highest BCUT2D eigenvalue weighted by Crippen LogP contribution is 2.24. The molecular formula is C17H29Cl2N3O2. The first-order valence-corrected chi connectivity index (χ1v) is 7.94. The molecule has 1 aromatic rings. The predicted octanol–water partition coefficient (Wildman–Crippen LogP) is 2.07. The summed E-state index contributed by atoms with van der Waals surface area (Å²) < 4.78 is 4.93. The molecule has 1 heterocycles. The number of aryl methyl sites for hydroxylation is 1. The molecule has 1 saturated heterocycles. The summed E-state index contributed by atoms with van der Waals surface area (Å²) in [4.78, 5) is 14.4. The average molecular weight is 378 g/mol. The maximum absolute atomic E-state index is 12.0. The van der Waals surface area contributed by atoms with E-state index in [2.05, 4.69) is 41.4 Å². The number of amides is 1. The molecule has 24 heavy (non-hydrogen) atoms. The fourth-order valence-electron chi connectivity index (χ4n) is 2.88. The number of methoxy groups -OCH3 is 1. The van der Waals surface area contributed by atoms with Gasteiger partial charge in [-0.1, -0.05) is 29.8 Å². The first kappa shape index (κ1) is 23.1. The monoisotopic (exact) mass is 377 g/mol. The normalized spacial score (nSPS) is 16.6. The Morgan fingerprint density at radius 1 is 1.25 bits per heavy atom. The molecule has 2 rings (SSSR count). The molecule has 0 bridgehead atoms. The van der Waals surface area contributed by atoms with Crippen LogP contribution in [0.2, 0.25) is 0 Å². The lowest BCUT2D eigenvalue weighted by atomic mass is 10.0. The van der Waals surface area contributed by atoms with Gasteiger partial charge in [-0.2, -0.15) is 0 Å². The lowest BCUT2D eigenvalue weighted by molar-refractivity contribution is -0.123. The maximum Gasteiger partial charge on any atom is 0.239 e. The number of nitrogens with two attached hydrogens (primary N) is 1. The van der Waals surface area contributed by atoms with Crippen LogP contribution in [0.4, 0.5) is 0 Å². The minimum absolute atomic E-state index is 0. The van der Waals surface area contributed by atoms with Crippen molar-refractivity contribution in [1.82, 2.24) is 10.2 Å². The van der Waals surface area contributed by atoms with Crippen LogP contribution < -0.4 is 11.1 Å². The Morgan fingerprint density at radius 3 is 2.38 bits per heavy atom. The van der Waals surface area contributed by atoms with E-state index in [1.165, 1.54) is 24.0 Å². The van der Waals surface area contributed by atoms with Crippen LogP contribution in [0.3, 0.4) is 0 Å². The van der Waals surface area contributed by atoms with Gasteiger partial charge in [-0.25, -0.2) is 0 Å². The second-order valence-corrected chi connectivity index (χ2v) is 5.98. The smallest absolute Gasteiger partial charge is 0.239 e. The number of halogens is 2. The molecule has 0 aliphatic carbocycles. The van der Waals surface area contributed by atoms with Crippen LogP contribution in [-0.4, -0.2) is 50.2 Å². The molecule has 0 saturated carbocycles. The van der Waals surface area contributed by atoms with Gasteiger partial charge in [0, 0.05) is 13.7 Å². The fourth-order valence-corrected chi connectivity index (χ4v) is 2.88. The second kappa shape index (κ2) is 11.7. The molecule has 1 aromatic carbocycles. The number of likely N-dealkylation sites (tertiary alicyclic amines) is 1. The quantitative estimate of drug-likeness (QED) is 0.762. The van der Waals surface area contributed by atoms with Gasteiger partial charge in [0.25, 0.3) is 0 Å². The molecule has 2 unspecified atom stereocenters. The summed E-state index contributed by atoms with van der Waals surface area (Å²) in [5, 5.41) is 2.97. The number of carbonyl (C=O) groups is 1. The van der Waals surface area contributed by atoms with Crippen LogP contribution in [0, 0.1) is 6.92 Å². The molecule has 3 N–H and O–H groups in total. The number of rotatable bonds is 7. The minimum Gasteiger partial charge on any atom is -0.383 e. The van der Waals surface area contributed by atoms with E-state index < -0.39 is 6.04 Å². The number of nitrogens with one attached hydrogen (secondary N) is 1. The van der Waals surface area contributed by atoms with Gasteiger partial charge < -0.3 is 15.8 Å². The standard InChI is InChI=1S/C17H27N3O2.2ClH/c1-13-5-7-14(8-6-13)16(20-9-3-4-10-20)11-19-17(21)15(18)12-22-2;;/h5-8,15-16H,3-4,9-12,18H2,1-2H3,(H,19,21);2*1H. The molecule has 0 aromatic heterocycles. The first-order chi connectivity index (χ1) is 10.6. The number of carbonyl (C=O) groups excluding carboxylic acids is 1. The van der Waals surface area contributed by atoms with Gasteiger partial charge in [0.2, 0.25) is 5.91 Å². The zero-order chi connectivity index (χ0) is 15.9. The van der Waals surface area contributed by atoms with Gasteiger partial charge in [0.1, 0.15) is 6.04 Å². The van der Waals surface area contributed by atoms with E-state index in [4.69, 9.17) is 10.5 Å². The molecule has 7 heteroatoms. The third kappa shape index (κ3) is 6.57. The van der Waals surface area contributed by atoms with Gasteiger partial charge in [0.15, 0.2) is 0 Å². The highest BCUT2D eigenvalue weighted by Gasteiger charge is 2.24. The first-order valence-electron chi connectivity index (χ1n) is 7.94. The molecule has 1 aliphatic rings. The SMILES string of the molecule is COCC(N)C(=O)NCC(c1ccc(C)cc1)N1CCCC1.Cl.Cl. The van der Waals surface area contributed by atoms with Crippen molar-refractivity contribution in [1.29, 1.82) is 0 Å².